The van der Waals surface area contributed by atoms with Crippen molar-refractivity contribution in [2.45, 2.75) is 19.3 Å². The molecule has 2 N–H and O–H groups in total. The van der Waals surface area contributed by atoms with Gasteiger partial charge in [-0.3, -0.25) is 0 Å². The second kappa shape index (κ2) is 2.36. The zero-order chi connectivity index (χ0) is 10.2. The quantitative estimate of drug-likeness (QED) is 0.466. The second-order valence-corrected chi connectivity index (χ2v) is 5.53. The third kappa shape index (κ3) is 0.703. The number of oxime groups is 2. The molecule has 0 saturated heterocycles. The van der Waals surface area contributed by atoms with E-state index in [1.54, 1.807) is 0 Å². The first-order chi connectivity index (χ1) is 7.35. The molecular weight excluding hydrogens is 192 g/mol. The first-order valence-electron chi connectivity index (χ1n) is 5.76. The van der Waals surface area contributed by atoms with E-state index < -0.39 is 0 Å². The van der Waals surface area contributed by atoms with Crippen molar-refractivity contribution in [1.29, 1.82) is 0 Å². The van der Waals surface area contributed by atoms with Crippen molar-refractivity contribution >= 4 is 11.4 Å². The van der Waals surface area contributed by atoms with E-state index in [4.69, 9.17) is 10.4 Å². The predicted octanol–water partition coefficient (Wildman–Crippen LogP) is 1.57. The largest absolute Gasteiger partial charge is 0.411 e. The highest BCUT2D eigenvalue weighted by Crippen LogP contribution is 2.68. The summed E-state index contributed by atoms with van der Waals surface area (Å²) in [6.07, 6.45) is 3.24. The molecule has 4 aliphatic rings. The van der Waals surface area contributed by atoms with E-state index in [2.05, 4.69) is 10.3 Å². The maximum Gasteiger partial charge on any atom is 0.0614 e. The third-order valence-corrected chi connectivity index (χ3v) is 5.42. The number of hydrogen-bond donors (Lipinski definition) is 2. The Labute approximate surface area is 87.7 Å². The van der Waals surface area contributed by atoms with Crippen LogP contribution in [0.25, 0.3) is 0 Å². The smallest absolute Gasteiger partial charge is 0.0614 e. The van der Waals surface area contributed by atoms with Gasteiger partial charge in [-0.25, -0.2) is 0 Å². The molecule has 4 nitrogen and oxygen atoms in total. The average Bonchev–Trinajstić information content (AvgIpc) is 2.83. The number of hydrogen-bond acceptors (Lipinski definition) is 4. The predicted molar refractivity (Wildman–Crippen MR) is 53.2 cm³/mol. The van der Waals surface area contributed by atoms with Crippen LogP contribution in [-0.4, -0.2) is 21.8 Å². The lowest BCUT2D eigenvalue weighted by Gasteiger charge is -2.24. The van der Waals surface area contributed by atoms with E-state index in [1.807, 2.05) is 0 Å². The average molecular weight is 206 g/mol. The van der Waals surface area contributed by atoms with Crippen LogP contribution in [0.15, 0.2) is 10.3 Å². The molecule has 4 saturated carbocycles. The Hall–Kier alpha value is -1.06. The molecule has 0 spiro atoms. The van der Waals surface area contributed by atoms with Gasteiger partial charge in [0, 0.05) is 11.8 Å². The van der Waals surface area contributed by atoms with Crippen LogP contribution in [-0.2, 0) is 0 Å². The second-order valence-electron chi connectivity index (χ2n) is 5.53. The minimum Gasteiger partial charge on any atom is -0.411 e. The highest BCUT2D eigenvalue weighted by atomic mass is 16.4. The first-order valence-corrected chi connectivity index (χ1v) is 5.76. The van der Waals surface area contributed by atoms with Gasteiger partial charge in [-0.15, -0.1) is 0 Å². The Balaban J connectivity index is 1.87. The van der Waals surface area contributed by atoms with Gasteiger partial charge in [0.25, 0.3) is 0 Å². The normalized spacial score (nSPS) is 60.0. The van der Waals surface area contributed by atoms with Crippen molar-refractivity contribution in [2.75, 3.05) is 0 Å². The lowest BCUT2D eigenvalue weighted by atomic mass is 9.79. The summed E-state index contributed by atoms with van der Waals surface area (Å²) in [4.78, 5) is 0. The molecule has 0 aromatic heterocycles. The summed E-state index contributed by atoms with van der Waals surface area (Å²) in [6, 6.07) is 0. The van der Waals surface area contributed by atoms with Crippen molar-refractivity contribution in [3.05, 3.63) is 0 Å². The Bertz CT molecular complexity index is 350. The molecule has 0 radical (unpaired) electrons. The summed E-state index contributed by atoms with van der Waals surface area (Å²) in [6.45, 7) is 0. The van der Waals surface area contributed by atoms with E-state index in [9.17, 15) is 0 Å². The molecule has 4 heteroatoms. The maximum absolute atomic E-state index is 9.02. The minimum atomic E-state index is 0.398. The fraction of sp³-hybridized carbons (Fsp3) is 0.818. The molecule has 0 aromatic rings. The Morgan fingerprint density at radius 3 is 1.67 bits per heavy atom. The molecule has 6 atom stereocenters. The summed E-state index contributed by atoms with van der Waals surface area (Å²) in [5.41, 5.74) is 1.95. The van der Waals surface area contributed by atoms with Crippen LogP contribution in [0.3, 0.4) is 0 Å². The van der Waals surface area contributed by atoms with Crippen LogP contribution in [0, 0.1) is 35.5 Å². The van der Waals surface area contributed by atoms with Gasteiger partial charge in [-0.05, 0) is 42.9 Å². The van der Waals surface area contributed by atoms with E-state index in [1.165, 1.54) is 6.42 Å². The van der Waals surface area contributed by atoms with E-state index >= 15 is 0 Å². The van der Waals surface area contributed by atoms with E-state index in [0.29, 0.717) is 23.7 Å². The van der Waals surface area contributed by atoms with Crippen molar-refractivity contribution < 1.29 is 10.4 Å². The lowest BCUT2D eigenvalue weighted by Crippen LogP contribution is -2.26. The number of rotatable bonds is 0. The van der Waals surface area contributed by atoms with Crippen LogP contribution >= 0.6 is 0 Å². The molecule has 0 aromatic carbocycles. The zero-order valence-electron chi connectivity index (χ0n) is 8.37. The van der Waals surface area contributed by atoms with Crippen LogP contribution in [0.4, 0.5) is 0 Å². The summed E-state index contributed by atoms with van der Waals surface area (Å²) >= 11 is 0. The minimum absolute atomic E-state index is 0.398. The number of nitrogens with zero attached hydrogens (tertiary/aromatic N) is 2. The highest BCUT2D eigenvalue weighted by molar-refractivity contribution is 6.00. The molecule has 80 valence electrons. The summed E-state index contributed by atoms with van der Waals surface area (Å²) < 4.78 is 0. The van der Waals surface area contributed by atoms with E-state index in [-0.39, 0.29) is 0 Å². The van der Waals surface area contributed by atoms with Gasteiger partial charge in [-0.2, -0.15) is 0 Å². The van der Waals surface area contributed by atoms with E-state index in [0.717, 1.165) is 36.1 Å². The summed E-state index contributed by atoms with van der Waals surface area (Å²) in [7, 11) is 0. The summed E-state index contributed by atoms with van der Waals surface area (Å²) in [5.74, 6) is 3.65. The van der Waals surface area contributed by atoms with Gasteiger partial charge >= 0.3 is 0 Å². The molecule has 15 heavy (non-hydrogen) atoms. The fourth-order valence-electron chi connectivity index (χ4n) is 5.14. The zero-order valence-corrected chi connectivity index (χ0v) is 8.37. The van der Waals surface area contributed by atoms with Gasteiger partial charge in [-0.1, -0.05) is 10.3 Å². The Kier molecular flexibility index (Phi) is 1.28. The van der Waals surface area contributed by atoms with Crippen molar-refractivity contribution in [3.63, 3.8) is 0 Å². The van der Waals surface area contributed by atoms with Gasteiger partial charge in [0.1, 0.15) is 0 Å². The highest BCUT2D eigenvalue weighted by Gasteiger charge is 2.67. The lowest BCUT2D eigenvalue weighted by molar-refractivity contribution is 0.240. The van der Waals surface area contributed by atoms with Crippen LogP contribution < -0.4 is 0 Å². The molecular formula is C11H14N2O2. The molecule has 0 amide bonds. The molecule has 4 rings (SSSR count). The monoisotopic (exact) mass is 206 g/mol. The summed E-state index contributed by atoms with van der Waals surface area (Å²) in [5, 5.41) is 25.0. The van der Waals surface area contributed by atoms with Crippen molar-refractivity contribution in [2.24, 2.45) is 45.8 Å². The van der Waals surface area contributed by atoms with Gasteiger partial charge in [0.05, 0.1) is 11.4 Å². The van der Waals surface area contributed by atoms with Crippen molar-refractivity contribution in [3.8, 4) is 0 Å². The van der Waals surface area contributed by atoms with Gasteiger partial charge in [0.2, 0.25) is 0 Å². The molecule has 4 aliphatic carbocycles. The van der Waals surface area contributed by atoms with Crippen LogP contribution in [0.2, 0.25) is 0 Å². The number of fused-ring (bicyclic) bond motifs is 2. The molecule has 2 bridgehead atoms. The van der Waals surface area contributed by atoms with Crippen molar-refractivity contribution in [1.82, 2.24) is 0 Å². The Morgan fingerprint density at radius 2 is 1.27 bits per heavy atom. The molecule has 0 unspecified atom stereocenters. The van der Waals surface area contributed by atoms with Crippen LogP contribution in [0.1, 0.15) is 19.3 Å². The third-order valence-electron chi connectivity index (χ3n) is 5.42. The van der Waals surface area contributed by atoms with Gasteiger partial charge < -0.3 is 10.4 Å². The molecule has 4 fully saturated rings. The first kappa shape index (κ1) is 8.13. The maximum atomic E-state index is 9.02. The molecule has 0 heterocycles. The fourth-order valence-corrected chi connectivity index (χ4v) is 5.14. The topological polar surface area (TPSA) is 65.2 Å². The standard InChI is InChI=1S/C11H14N2O2/c14-12-8-2-4-5-3-9(13-15)11-7(5)1-6(4)10(8)11/h4-7,10-11,14-15H,1-3H2/b12-8+,13-9+/t4-,5+,6+,7-,10+,11-. The molecule has 0 aliphatic heterocycles. The SMILES string of the molecule is O/N=C1\C[C@@H]2[C@@H]3C/C(=N\O)[C@H]4[C@@H]3C[C@@H]2[C@@H]14. The Morgan fingerprint density at radius 1 is 0.800 bits per heavy atom. The van der Waals surface area contributed by atoms with Crippen LogP contribution in [0.5, 0.6) is 0 Å². The van der Waals surface area contributed by atoms with Gasteiger partial charge in [0.15, 0.2) is 0 Å².